The van der Waals surface area contributed by atoms with Gasteiger partial charge in [0, 0.05) is 0 Å². The number of ketones is 1. The van der Waals surface area contributed by atoms with E-state index >= 15 is 0 Å². The number of dihydropyridines is 1. The lowest BCUT2D eigenvalue weighted by molar-refractivity contribution is -0.113. The highest BCUT2D eigenvalue weighted by Gasteiger charge is 2.01. The summed E-state index contributed by atoms with van der Waals surface area (Å²) >= 11 is 0. The molecule has 0 N–H and O–H groups in total. The van der Waals surface area contributed by atoms with E-state index in [-0.39, 0.29) is 12.3 Å². The average molecular weight is 113 g/mol. The molecule has 3 heteroatoms. The number of aliphatic imine (C=N–C) groups is 1. The molecule has 1 aliphatic rings. The normalized spacial score (nSPS) is 18.6. The fourth-order valence-corrected chi connectivity index (χ4v) is 0.421. The smallest absolute Gasteiger partial charge is 0.208 e. The second-order valence-corrected chi connectivity index (χ2v) is 1.44. The third-order valence-corrected chi connectivity index (χ3v) is 0.793. The Morgan fingerprint density at radius 3 is 2.75 bits per heavy atom. The van der Waals surface area contributed by atoms with Crippen LogP contribution in [0.5, 0.6) is 0 Å². The highest BCUT2D eigenvalue weighted by Crippen LogP contribution is 1.92. The minimum Gasteiger partial charge on any atom is -0.293 e. The average Bonchev–Trinajstić information content (AvgIpc) is 1.77. The number of carbonyl (C=O) groups is 1. The van der Waals surface area contributed by atoms with Crippen molar-refractivity contribution in [3.63, 3.8) is 0 Å². The monoisotopic (exact) mass is 113 g/mol. The molecule has 0 unspecified atom stereocenters. The van der Waals surface area contributed by atoms with Gasteiger partial charge in [-0.25, -0.2) is 4.99 Å². The van der Waals surface area contributed by atoms with E-state index in [4.69, 9.17) is 0 Å². The SMILES string of the molecule is O=C1C=CC(F)=NC1. The van der Waals surface area contributed by atoms with E-state index < -0.39 is 5.97 Å². The largest absolute Gasteiger partial charge is 0.293 e. The molecule has 0 spiro atoms. The molecule has 0 atom stereocenters. The van der Waals surface area contributed by atoms with Gasteiger partial charge in [0.15, 0.2) is 5.78 Å². The maximum Gasteiger partial charge on any atom is 0.208 e. The zero-order valence-corrected chi connectivity index (χ0v) is 4.10. The molecule has 0 aliphatic carbocycles. The van der Waals surface area contributed by atoms with Gasteiger partial charge in [-0.3, -0.25) is 4.79 Å². The van der Waals surface area contributed by atoms with Crippen LogP contribution in [0.4, 0.5) is 4.39 Å². The number of carbonyl (C=O) groups excluding carboxylic acids is 1. The van der Waals surface area contributed by atoms with Crippen LogP contribution < -0.4 is 0 Å². The molecule has 0 aromatic rings. The highest BCUT2D eigenvalue weighted by atomic mass is 19.1. The fourth-order valence-electron chi connectivity index (χ4n) is 0.421. The van der Waals surface area contributed by atoms with Gasteiger partial charge in [-0.05, 0) is 12.2 Å². The van der Waals surface area contributed by atoms with Crippen molar-refractivity contribution in [2.45, 2.75) is 0 Å². The third-order valence-electron chi connectivity index (χ3n) is 0.793. The van der Waals surface area contributed by atoms with Crippen LogP contribution in [0, 0.1) is 0 Å². The van der Waals surface area contributed by atoms with Crippen LogP contribution in [0.15, 0.2) is 17.1 Å². The van der Waals surface area contributed by atoms with E-state index in [1.54, 1.807) is 0 Å². The predicted molar refractivity (Wildman–Crippen MR) is 27.6 cm³/mol. The number of nitrogens with zero attached hydrogens (tertiary/aromatic N) is 1. The second-order valence-electron chi connectivity index (χ2n) is 1.44. The molecule has 0 bridgehead atoms. The van der Waals surface area contributed by atoms with E-state index in [1.807, 2.05) is 0 Å². The van der Waals surface area contributed by atoms with Crippen molar-refractivity contribution < 1.29 is 9.18 Å². The zero-order chi connectivity index (χ0) is 5.98. The Labute approximate surface area is 45.7 Å². The maximum absolute atomic E-state index is 11.9. The Morgan fingerprint density at radius 1 is 1.62 bits per heavy atom. The molecule has 0 aromatic carbocycles. The first-order valence-electron chi connectivity index (χ1n) is 2.20. The van der Waals surface area contributed by atoms with E-state index in [1.165, 1.54) is 6.08 Å². The molecule has 2 nitrogen and oxygen atoms in total. The molecule has 0 radical (unpaired) electrons. The number of allylic oxidation sites excluding steroid dienone is 1. The number of hydrogen-bond donors (Lipinski definition) is 0. The first-order valence-corrected chi connectivity index (χ1v) is 2.20. The van der Waals surface area contributed by atoms with Crippen LogP contribution in [0.25, 0.3) is 0 Å². The van der Waals surface area contributed by atoms with Crippen LogP contribution in [0.2, 0.25) is 0 Å². The van der Waals surface area contributed by atoms with Crippen LogP contribution in [-0.2, 0) is 4.79 Å². The molecular formula is C5H4FNO. The summed E-state index contributed by atoms with van der Waals surface area (Å²) in [6.45, 7) is -0.0394. The van der Waals surface area contributed by atoms with Gasteiger partial charge < -0.3 is 0 Å². The van der Waals surface area contributed by atoms with Gasteiger partial charge in [-0.1, -0.05) is 0 Å². The Hall–Kier alpha value is -0.990. The second kappa shape index (κ2) is 1.86. The van der Waals surface area contributed by atoms with Crippen LogP contribution in [0.1, 0.15) is 0 Å². The lowest BCUT2D eigenvalue weighted by Gasteiger charge is -1.93. The summed E-state index contributed by atoms with van der Waals surface area (Å²) in [5.41, 5.74) is 0. The van der Waals surface area contributed by atoms with Gasteiger partial charge in [0.25, 0.3) is 0 Å². The first kappa shape index (κ1) is 5.15. The van der Waals surface area contributed by atoms with E-state index in [0.29, 0.717) is 0 Å². The summed E-state index contributed by atoms with van der Waals surface area (Å²) in [7, 11) is 0. The van der Waals surface area contributed by atoms with E-state index in [9.17, 15) is 9.18 Å². The standard InChI is InChI=1S/C5H4FNO/c6-5-2-1-4(8)3-7-5/h1-2H,3H2. The summed E-state index contributed by atoms with van der Waals surface area (Å²) in [6.07, 6.45) is 2.24. The number of halogens is 1. The summed E-state index contributed by atoms with van der Waals surface area (Å²) in [5, 5.41) is 0. The molecule has 0 aromatic heterocycles. The van der Waals surface area contributed by atoms with Crippen LogP contribution in [0.3, 0.4) is 0 Å². The van der Waals surface area contributed by atoms with Crippen molar-refractivity contribution in [2.75, 3.05) is 6.54 Å². The maximum atomic E-state index is 11.9. The summed E-state index contributed by atoms with van der Waals surface area (Å²) < 4.78 is 11.9. The Morgan fingerprint density at radius 2 is 2.38 bits per heavy atom. The zero-order valence-electron chi connectivity index (χ0n) is 4.10. The molecule has 1 rings (SSSR count). The Bertz CT molecular complexity index is 169. The molecule has 0 fully saturated rings. The molecule has 42 valence electrons. The third kappa shape index (κ3) is 0.992. The minimum atomic E-state index is -0.565. The van der Waals surface area contributed by atoms with Gasteiger partial charge in [0.2, 0.25) is 5.97 Å². The lowest BCUT2D eigenvalue weighted by atomic mass is 10.3. The summed E-state index contributed by atoms with van der Waals surface area (Å²) in [4.78, 5) is 13.5. The summed E-state index contributed by atoms with van der Waals surface area (Å²) in [6, 6.07) is 0. The van der Waals surface area contributed by atoms with Crippen molar-refractivity contribution in [1.29, 1.82) is 0 Å². The van der Waals surface area contributed by atoms with E-state index in [2.05, 4.69) is 4.99 Å². The Balaban J connectivity index is 2.71. The van der Waals surface area contributed by atoms with Crippen LogP contribution in [-0.4, -0.2) is 18.3 Å². The van der Waals surface area contributed by atoms with Crippen LogP contribution >= 0.6 is 0 Å². The Kier molecular flexibility index (Phi) is 1.20. The van der Waals surface area contributed by atoms with Crippen molar-refractivity contribution in [3.8, 4) is 0 Å². The topological polar surface area (TPSA) is 29.4 Å². The van der Waals surface area contributed by atoms with E-state index in [0.717, 1.165) is 6.08 Å². The van der Waals surface area contributed by atoms with Gasteiger partial charge >= 0.3 is 0 Å². The molecule has 8 heavy (non-hydrogen) atoms. The highest BCUT2D eigenvalue weighted by molar-refractivity contribution is 6.02. The summed E-state index contributed by atoms with van der Waals surface area (Å²) in [5.74, 6) is -0.712. The predicted octanol–water partition coefficient (Wildman–Crippen LogP) is 0.493. The first-order chi connectivity index (χ1) is 3.79. The number of hydrogen-bond acceptors (Lipinski definition) is 2. The van der Waals surface area contributed by atoms with Gasteiger partial charge in [0.1, 0.15) is 6.54 Å². The minimum absolute atomic E-state index is 0.0394. The van der Waals surface area contributed by atoms with Gasteiger partial charge in [-0.2, -0.15) is 4.39 Å². The van der Waals surface area contributed by atoms with Gasteiger partial charge in [0.05, 0.1) is 0 Å². The van der Waals surface area contributed by atoms with Crippen molar-refractivity contribution in [3.05, 3.63) is 12.2 Å². The fraction of sp³-hybridized carbons (Fsp3) is 0.200. The van der Waals surface area contributed by atoms with Gasteiger partial charge in [-0.15, -0.1) is 0 Å². The molecule has 0 saturated carbocycles. The molecular weight excluding hydrogens is 109 g/mol. The molecule has 1 aliphatic heterocycles. The van der Waals surface area contributed by atoms with Crippen molar-refractivity contribution in [1.82, 2.24) is 0 Å². The van der Waals surface area contributed by atoms with Crippen molar-refractivity contribution in [2.24, 2.45) is 4.99 Å². The molecule has 0 amide bonds. The lowest BCUT2D eigenvalue weighted by Crippen LogP contribution is -2.04. The molecule has 0 saturated heterocycles. The van der Waals surface area contributed by atoms with Crippen molar-refractivity contribution >= 4 is 11.7 Å². The quantitative estimate of drug-likeness (QED) is 0.449. The molecule has 1 heterocycles. The number of rotatable bonds is 0.